The summed E-state index contributed by atoms with van der Waals surface area (Å²) in [4.78, 5) is 6.91. The molecule has 2 aliphatic heterocycles. The fourth-order valence-corrected chi connectivity index (χ4v) is 3.17. The fraction of sp³-hybridized carbons (Fsp3) is 0.643. The van der Waals surface area contributed by atoms with E-state index in [2.05, 4.69) is 27.3 Å². The maximum atomic E-state index is 4.23. The van der Waals surface area contributed by atoms with Gasteiger partial charge in [0.2, 0.25) is 0 Å². The van der Waals surface area contributed by atoms with Gasteiger partial charge in [-0.3, -0.25) is 9.88 Å². The van der Waals surface area contributed by atoms with Crippen LogP contribution in [0.1, 0.15) is 30.7 Å². The monoisotopic (exact) mass is 231 g/mol. The van der Waals surface area contributed by atoms with Gasteiger partial charge in [0.15, 0.2) is 0 Å². The minimum Gasteiger partial charge on any atom is -0.315 e. The molecule has 2 aliphatic rings. The first kappa shape index (κ1) is 11.2. The Hall–Kier alpha value is -0.930. The normalized spacial score (nSPS) is 27.4. The number of hydrogen-bond acceptors (Lipinski definition) is 3. The number of aromatic nitrogens is 1. The van der Waals surface area contributed by atoms with E-state index in [9.17, 15) is 0 Å². The van der Waals surface area contributed by atoms with Crippen LogP contribution in [0.4, 0.5) is 0 Å². The molecule has 17 heavy (non-hydrogen) atoms. The van der Waals surface area contributed by atoms with Crippen molar-refractivity contribution in [1.82, 2.24) is 15.2 Å². The predicted octanol–water partition coefficient (Wildman–Crippen LogP) is 1.62. The van der Waals surface area contributed by atoms with E-state index in [0.717, 1.165) is 12.0 Å². The second kappa shape index (κ2) is 5.15. The molecule has 0 bridgehead atoms. The maximum absolute atomic E-state index is 4.23. The highest BCUT2D eigenvalue weighted by Crippen LogP contribution is 2.28. The molecule has 3 rings (SSSR count). The summed E-state index contributed by atoms with van der Waals surface area (Å²) in [5, 5.41) is 3.46. The quantitative estimate of drug-likeness (QED) is 0.838. The van der Waals surface area contributed by atoms with Crippen molar-refractivity contribution in [1.29, 1.82) is 0 Å². The summed E-state index contributed by atoms with van der Waals surface area (Å²) in [5.41, 5.74) is 1.43. The molecule has 1 N–H and O–H groups in total. The van der Waals surface area contributed by atoms with Crippen LogP contribution in [0.5, 0.6) is 0 Å². The number of nitrogens with zero attached hydrogens (tertiary/aromatic N) is 2. The molecule has 0 amide bonds. The van der Waals surface area contributed by atoms with Crippen LogP contribution >= 0.6 is 0 Å². The summed E-state index contributed by atoms with van der Waals surface area (Å²) in [5.74, 6) is 0.731. The Kier molecular flexibility index (Phi) is 3.39. The van der Waals surface area contributed by atoms with Crippen molar-refractivity contribution in [2.45, 2.75) is 31.2 Å². The van der Waals surface area contributed by atoms with Crippen LogP contribution in [0.15, 0.2) is 24.5 Å². The first-order valence-electron chi connectivity index (χ1n) is 6.78. The molecule has 92 valence electrons. The Morgan fingerprint density at radius 3 is 2.76 bits per heavy atom. The lowest BCUT2D eigenvalue weighted by molar-refractivity contribution is 0.161. The topological polar surface area (TPSA) is 28.2 Å². The summed E-state index contributed by atoms with van der Waals surface area (Å²) in [6, 6.07) is 5.08. The van der Waals surface area contributed by atoms with Crippen LogP contribution in [0, 0.1) is 0 Å². The van der Waals surface area contributed by atoms with Gasteiger partial charge in [-0.25, -0.2) is 0 Å². The van der Waals surface area contributed by atoms with Crippen LogP contribution in [-0.4, -0.2) is 42.1 Å². The molecule has 0 radical (unpaired) electrons. The second-order valence-corrected chi connectivity index (χ2v) is 5.24. The Morgan fingerprint density at radius 1 is 1.24 bits per heavy atom. The molecule has 0 saturated carbocycles. The number of likely N-dealkylation sites (tertiary alicyclic amines) is 1. The molecule has 3 nitrogen and oxygen atoms in total. The van der Waals surface area contributed by atoms with Crippen LogP contribution in [-0.2, 0) is 0 Å². The lowest BCUT2D eigenvalue weighted by atomic mass is 9.90. The van der Waals surface area contributed by atoms with Crippen LogP contribution < -0.4 is 5.32 Å². The average Bonchev–Trinajstić information content (AvgIpc) is 2.94. The van der Waals surface area contributed by atoms with Crippen LogP contribution in [0.2, 0.25) is 0 Å². The molecular formula is C14H21N3. The Labute approximate surface area is 103 Å². The molecule has 1 aromatic rings. The zero-order chi connectivity index (χ0) is 11.5. The largest absolute Gasteiger partial charge is 0.315 e. The van der Waals surface area contributed by atoms with E-state index in [1.807, 2.05) is 12.4 Å². The Balaban J connectivity index is 1.57. The second-order valence-electron chi connectivity index (χ2n) is 5.24. The zero-order valence-electron chi connectivity index (χ0n) is 10.3. The van der Waals surface area contributed by atoms with Gasteiger partial charge in [-0.15, -0.1) is 0 Å². The molecule has 2 fully saturated rings. The average molecular weight is 231 g/mol. The van der Waals surface area contributed by atoms with E-state index in [4.69, 9.17) is 0 Å². The first-order chi connectivity index (χ1) is 8.43. The van der Waals surface area contributed by atoms with Gasteiger partial charge in [0, 0.05) is 25.0 Å². The van der Waals surface area contributed by atoms with Gasteiger partial charge in [-0.2, -0.15) is 0 Å². The highest BCUT2D eigenvalue weighted by molar-refractivity contribution is 5.15. The summed E-state index contributed by atoms with van der Waals surface area (Å²) in [7, 11) is 0. The van der Waals surface area contributed by atoms with Crippen molar-refractivity contribution >= 4 is 0 Å². The number of piperidine rings is 1. The number of hydrogen-bond donors (Lipinski definition) is 1. The summed E-state index contributed by atoms with van der Waals surface area (Å²) >= 11 is 0. The van der Waals surface area contributed by atoms with Gasteiger partial charge in [0.25, 0.3) is 0 Å². The molecule has 3 heterocycles. The number of nitrogens with one attached hydrogen (secondary N) is 1. The lowest BCUT2D eigenvalue weighted by Gasteiger charge is -2.35. The fourth-order valence-electron chi connectivity index (χ4n) is 3.17. The highest BCUT2D eigenvalue weighted by atomic mass is 15.2. The van der Waals surface area contributed by atoms with Gasteiger partial charge in [0.1, 0.15) is 0 Å². The van der Waals surface area contributed by atoms with E-state index in [-0.39, 0.29) is 0 Å². The van der Waals surface area contributed by atoms with Crippen molar-refractivity contribution in [3.63, 3.8) is 0 Å². The van der Waals surface area contributed by atoms with Crippen molar-refractivity contribution in [2.75, 3.05) is 26.2 Å². The van der Waals surface area contributed by atoms with E-state index >= 15 is 0 Å². The minimum absolute atomic E-state index is 0.731. The van der Waals surface area contributed by atoms with E-state index < -0.39 is 0 Å². The lowest BCUT2D eigenvalue weighted by Crippen LogP contribution is -2.42. The number of rotatable bonds is 2. The molecule has 0 spiro atoms. The third kappa shape index (κ3) is 2.50. The van der Waals surface area contributed by atoms with Crippen LogP contribution in [0.3, 0.4) is 0 Å². The molecular weight excluding hydrogens is 210 g/mol. The van der Waals surface area contributed by atoms with Gasteiger partial charge in [-0.05, 0) is 56.4 Å². The third-order valence-electron chi connectivity index (χ3n) is 4.24. The standard InChI is InChI=1S/C14H21N3/c1-2-13(10-15-6-1)12-4-8-17(9-5-12)14-3-7-16-11-14/h1-2,6,10,12,14,16H,3-5,7-9,11H2. The van der Waals surface area contributed by atoms with Gasteiger partial charge >= 0.3 is 0 Å². The molecule has 1 atom stereocenters. The van der Waals surface area contributed by atoms with Crippen molar-refractivity contribution in [3.05, 3.63) is 30.1 Å². The first-order valence-corrected chi connectivity index (χ1v) is 6.78. The van der Waals surface area contributed by atoms with Crippen LogP contribution in [0.25, 0.3) is 0 Å². The van der Waals surface area contributed by atoms with Crippen molar-refractivity contribution < 1.29 is 0 Å². The zero-order valence-corrected chi connectivity index (χ0v) is 10.3. The molecule has 1 aromatic heterocycles. The molecule has 0 aliphatic carbocycles. The van der Waals surface area contributed by atoms with Gasteiger partial charge < -0.3 is 5.32 Å². The maximum Gasteiger partial charge on any atom is 0.0302 e. The molecule has 3 heteroatoms. The van der Waals surface area contributed by atoms with E-state index in [1.165, 1.54) is 51.0 Å². The smallest absolute Gasteiger partial charge is 0.0302 e. The molecule has 2 saturated heterocycles. The summed E-state index contributed by atoms with van der Waals surface area (Å²) in [6.07, 6.45) is 7.82. The Bertz CT molecular complexity index is 338. The summed E-state index contributed by atoms with van der Waals surface area (Å²) < 4.78 is 0. The minimum atomic E-state index is 0.731. The molecule has 0 aromatic carbocycles. The van der Waals surface area contributed by atoms with E-state index in [0.29, 0.717) is 0 Å². The molecule has 1 unspecified atom stereocenters. The highest BCUT2D eigenvalue weighted by Gasteiger charge is 2.27. The van der Waals surface area contributed by atoms with Gasteiger partial charge in [0.05, 0.1) is 0 Å². The number of pyridine rings is 1. The predicted molar refractivity (Wildman–Crippen MR) is 69.1 cm³/mol. The van der Waals surface area contributed by atoms with E-state index in [1.54, 1.807) is 0 Å². The third-order valence-corrected chi connectivity index (χ3v) is 4.24. The van der Waals surface area contributed by atoms with Crippen molar-refractivity contribution in [3.8, 4) is 0 Å². The van der Waals surface area contributed by atoms with Crippen molar-refractivity contribution in [2.24, 2.45) is 0 Å². The SMILES string of the molecule is c1cncc(C2CCN(C3CCNC3)CC2)c1. The van der Waals surface area contributed by atoms with Gasteiger partial charge in [-0.1, -0.05) is 6.07 Å². The summed E-state index contributed by atoms with van der Waals surface area (Å²) in [6.45, 7) is 4.91. The Morgan fingerprint density at radius 2 is 2.12 bits per heavy atom.